The van der Waals surface area contributed by atoms with Crippen LogP contribution in [0.25, 0.3) is 0 Å². The second kappa shape index (κ2) is 8.50. The summed E-state index contributed by atoms with van der Waals surface area (Å²) in [5.41, 5.74) is 3.32. The number of benzene rings is 3. The Morgan fingerprint density at radius 3 is 2.41 bits per heavy atom. The Bertz CT molecular complexity index is 969. The maximum absolute atomic E-state index is 11.9. The number of ether oxygens (including phenoxy) is 1. The molecule has 29 heavy (non-hydrogen) atoms. The molecular weight excluding hydrogens is 362 g/mol. The minimum atomic E-state index is -0.753. The molecule has 1 aliphatic rings. The van der Waals surface area contributed by atoms with Crippen LogP contribution in [0.4, 0.5) is 0 Å². The van der Waals surface area contributed by atoms with E-state index in [1.54, 1.807) is 0 Å². The average Bonchev–Trinajstić information content (AvgIpc) is 3.20. The Hall–Kier alpha value is -3.11. The van der Waals surface area contributed by atoms with Crippen molar-refractivity contribution in [3.8, 4) is 11.5 Å². The number of likely N-dealkylation sites (tertiary alicyclic amines) is 1. The first-order valence-electron chi connectivity index (χ1n) is 10.00. The van der Waals surface area contributed by atoms with Crippen LogP contribution in [-0.4, -0.2) is 28.6 Å². The van der Waals surface area contributed by atoms with Gasteiger partial charge in [-0.05, 0) is 55.2 Å². The summed E-state index contributed by atoms with van der Waals surface area (Å²) in [7, 11) is 0. The lowest BCUT2D eigenvalue weighted by atomic mass is 9.95. The van der Waals surface area contributed by atoms with Gasteiger partial charge in [-0.2, -0.15) is 0 Å². The van der Waals surface area contributed by atoms with E-state index in [0.717, 1.165) is 35.6 Å². The number of carboxylic acids is 1. The summed E-state index contributed by atoms with van der Waals surface area (Å²) in [6.45, 7) is 2.82. The fourth-order valence-electron chi connectivity index (χ4n) is 4.06. The van der Waals surface area contributed by atoms with E-state index in [9.17, 15) is 9.90 Å². The van der Waals surface area contributed by atoms with Crippen molar-refractivity contribution in [1.29, 1.82) is 0 Å². The molecule has 0 radical (unpaired) electrons. The molecule has 148 valence electrons. The zero-order valence-electron chi connectivity index (χ0n) is 16.5. The van der Waals surface area contributed by atoms with Gasteiger partial charge in [-0.1, -0.05) is 60.2 Å². The predicted molar refractivity (Wildman–Crippen MR) is 113 cm³/mol. The standard InChI is InChI=1S/C25H25NO3/c1-18-12-14-19(15-13-18)24(26-16-6-11-23(26)25(27)28)20-7-5-10-22(17-20)29-21-8-3-2-4-9-21/h2-5,7-10,12-15,17,23-24H,6,11,16H2,1H3,(H,27,28). The van der Waals surface area contributed by atoms with Crippen LogP contribution in [0.5, 0.6) is 11.5 Å². The van der Waals surface area contributed by atoms with Crippen molar-refractivity contribution in [3.63, 3.8) is 0 Å². The van der Waals surface area contributed by atoms with E-state index in [-0.39, 0.29) is 6.04 Å². The van der Waals surface area contributed by atoms with Crippen molar-refractivity contribution in [3.05, 3.63) is 95.6 Å². The molecule has 0 aromatic heterocycles. The quantitative estimate of drug-likeness (QED) is 0.613. The van der Waals surface area contributed by atoms with Gasteiger partial charge in [-0.25, -0.2) is 0 Å². The molecule has 0 amide bonds. The minimum Gasteiger partial charge on any atom is -0.480 e. The van der Waals surface area contributed by atoms with Crippen LogP contribution in [0.3, 0.4) is 0 Å². The molecule has 0 saturated carbocycles. The largest absolute Gasteiger partial charge is 0.480 e. The van der Waals surface area contributed by atoms with Gasteiger partial charge in [0.25, 0.3) is 0 Å². The summed E-state index contributed by atoms with van der Waals surface area (Å²) in [5, 5.41) is 9.75. The molecule has 1 fully saturated rings. The molecule has 4 heteroatoms. The molecule has 1 aliphatic heterocycles. The summed E-state index contributed by atoms with van der Waals surface area (Å²) in [4.78, 5) is 14.0. The van der Waals surface area contributed by atoms with Crippen LogP contribution in [0, 0.1) is 6.92 Å². The number of carboxylic acid groups (broad SMARTS) is 1. The molecule has 0 spiro atoms. The van der Waals surface area contributed by atoms with E-state index in [0.29, 0.717) is 6.42 Å². The van der Waals surface area contributed by atoms with Gasteiger partial charge in [0.05, 0.1) is 6.04 Å². The Kier molecular flexibility index (Phi) is 5.63. The smallest absolute Gasteiger partial charge is 0.320 e. The molecule has 1 saturated heterocycles. The van der Waals surface area contributed by atoms with Gasteiger partial charge in [-0.15, -0.1) is 0 Å². The molecule has 4 nitrogen and oxygen atoms in total. The number of hydrogen-bond donors (Lipinski definition) is 1. The third kappa shape index (κ3) is 4.33. The molecule has 1 N–H and O–H groups in total. The Balaban J connectivity index is 1.72. The van der Waals surface area contributed by atoms with Crippen LogP contribution in [0.15, 0.2) is 78.9 Å². The zero-order chi connectivity index (χ0) is 20.2. The van der Waals surface area contributed by atoms with Gasteiger partial charge in [0.1, 0.15) is 17.5 Å². The SMILES string of the molecule is Cc1ccc(C(c2cccc(Oc3ccccc3)c2)N2CCCC2C(=O)O)cc1. The van der Waals surface area contributed by atoms with E-state index in [2.05, 4.69) is 42.2 Å². The number of para-hydroxylation sites is 1. The summed E-state index contributed by atoms with van der Waals surface area (Å²) in [6, 6.07) is 25.4. The van der Waals surface area contributed by atoms with E-state index < -0.39 is 12.0 Å². The van der Waals surface area contributed by atoms with E-state index in [1.807, 2.05) is 48.5 Å². The predicted octanol–water partition coefficient (Wildman–Crippen LogP) is 5.43. The van der Waals surface area contributed by atoms with Gasteiger partial charge in [-0.3, -0.25) is 9.69 Å². The van der Waals surface area contributed by atoms with Gasteiger partial charge in [0.2, 0.25) is 0 Å². The molecule has 0 bridgehead atoms. The average molecular weight is 387 g/mol. The topological polar surface area (TPSA) is 49.8 Å². The lowest BCUT2D eigenvalue weighted by Gasteiger charge is -2.32. The molecular formula is C25H25NO3. The van der Waals surface area contributed by atoms with Gasteiger partial charge < -0.3 is 9.84 Å². The molecule has 4 rings (SSSR count). The fraction of sp³-hybridized carbons (Fsp3) is 0.240. The van der Waals surface area contributed by atoms with Crippen LogP contribution < -0.4 is 4.74 Å². The van der Waals surface area contributed by atoms with Crippen molar-refractivity contribution >= 4 is 5.97 Å². The summed E-state index contributed by atoms with van der Waals surface area (Å²) in [5.74, 6) is 0.773. The number of aliphatic carboxylic acids is 1. The molecule has 2 atom stereocenters. The van der Waals surface area contributed by atoms with Gasteiger partial charge in [0, 0.05) is 6.54 Å². The number of rotatable bonds is 6. The molecule has 2 unspecified atom stereocenters. The van der Waals surface area contributed by atoms with Crippen molar-refractivity contribution in [2.24, 2.45) is 0 Å². The number of hydrogen-bond acceptors (Lipinski definition) is 3. The van der Waals surface area contributed by atoms with E-state index in [4.69, 9.17) is 4.74 Å². The van der Waals surface area contributed by atoms with Crippen LogP contribution in [-0.2, 0) is 4.79 Å². The number of carbonyl (C=O) groups is 1. The highest BCUT2D eigenvalue weighted by atomic mass is 16.5. The second-order valence-corrected chi connectivity index (χ2v) is 7.53. The maximum Gasteiger partial charge on any atom is 0.320 e. The summed E-state index contributed by atoms with van der Waals surface area (Å²) < 4.78 is 6.03. The molecule has 0 aliphatic carbocycles. The lowest BCUT2D eigenvalue weighted by molar-refractivity contribution is -0.142. The Labute approximate surface area is 171 Å². The van der Waals surface area contributed by atoms with Crippen LogP contribution in [0.2, 0.25) is 0 Å². The highest BCUT2D eigenvalue weighted by Gasteiger charge is 2.36. The normalized spacial score (nSPS) is 17.8. The van der Waals surface area contributed by atoms with Crippen LogP contribution >= 0.6 is 0 Å². The summed E-state index contributed by atoms with van der Waals surface area (Å²) >= 11 is 0. The number of aryl methyl sites for hydroxylation is 1. The van der Waals surface area contributed by atoms with Crippen molar-refractivity contribution in [2.45, 2.75) is 31.8 Å². The third-order valence-corrected chi connectivity index (χ3v) is 5.46. The van der Waals surface area contributed by atoms with E-state index >= 15 is 0 Å². The Morgan fingerprint density at radius 2 is 1.69 bits per heavy atom. The maximum atomic E-state index is 11.9. The molecule has 3 aromatic rings. The van der Waals surface area contributed by atoms with Crippen molar-refractivity contribution in [1.82, 2.24) is 4.90 Å². The first kappa shape index (κ1) is 19.2. The van der Waals surface area contributed by atoms with Crippen LogP contribution in [0.1, 0.15) is 35.6 Å². The highest BCUT2D eigenvalue weighted by Crippen LogP contribution is 2.36. The highest BCUT2D eigenvalue weighted by molar-refractivity contribution is 5.74. The lowest BCUT2D eigenvalue weighted by Crippen LogP contribution is -2.39. The minimum absolute atomic E-state index is 0.126. The first-order chi connectivity index (χ1) is 14.1. The van der Waals surface area contributed by atoms with E-state index in [1.165, 1.54) is 5.56 Å². The summed E-state index contributed by atoms with van der Waals surface area (Å²) in [6.07, 6.45) is 1.57. The fourth-order valence-corrected chi connectivity index (χ4v) is 4.06. The van der Waals surface area contributed by atoms with Crippen molar-refractivity contribution in [2.75, 3.05) is 6.54 Å². The molecule has 3 aromatic carbocycles. The monoisotopic (exact) mass is 387 g/mol. The zero-order valence-corrected chi connectivity index (χ0v) is 16.5. The van der Waals surface area contributed by atoms with Gasteiger partial charge >= 0.3 is 5.97 Å². The Morgan fingerprint density at radius 1 is 0.966 bits per heavy atom. The second-order valence-electron chi connectivity index (χ2n) is 7.53. The third-order valence-electron chi connectivity index (χ3n) is 5.46. The first-order valence-corrected chi connectivity index (χ1v) is 10.00. The molecule has 1 heterocycles. The van der Waals surface area contributed by atoms with Crippen molar-refractivity contribution < 1.29 is 14.6 Å². The van der Waals surface area contributed by atoms with Gasteiger partial charge in [0.15, 0.2) is 0 Å². The number of nitrogens with zero attached hydrogens (tertiary/aromatic N) is 1.